The molecule has 18 heteroatoms. The van der Waals surface area contributed by atoms with Gasteiger partial charge in [-0.1, -0.05) is 50.3 Å². The monoisotopic (exact) mass is 915 g/mol. The maximum atomic E-state index is 14.1. The molecule has 0 saturated carbocycles. The molecule has 2 aromatic heterocycles. The lowest BCUT2D eigenvalue weighted by Gasteiger charge is -2.43. The fourth-order valence-electron chi connectivity index (χ4n) is 6.62. The average molecular weight is 916 g/mol. The van der Waals surface area contributed by atoms with Crippen molar-refractivity contribution < 1.29 is 64.4 Å². The van der Waals surface area contributed by atoms with Crippen molar-refractivity contribution in [2.24, 2.45) is 11.8 Å². The molecule has 1 unspecified atom stereocenters. The van der Waals surface area contributed by atoms with Crippen LogP contribution in [0.15, 0.2) is 85.5 Å². The summed E-state index contributed by atoms with van der Waals surface area (Å²) >= 11 is 0. The van der Waals surface area contributed by atoms with Gasteiger partial charge in [0.05, 0.1) is 7.11 Å². The number of para-hydroxylation sites is 2. The van der Waals surface area contributed by atoms with Crippen LogP contribution in [0.25, 0.3) is 24.3 Å². The Morgan fingerprint density at radius 2 is 1.37 bits per heavy atom. The molecule has 5 rings (SSSR count). The summed E-state index contributed by atoms with van der Waals surface area (Å²) < 4.78 is 73.4. The number of amides is 1. The first-order valence-electron chi connectivity index (χ1n) is 20.6. The second-order valence-corrected chi connectivity index (χ2v) is 17.2. The van der Waals surface area contributed by atoms with Gasteiger partial charge in [-0.05, 0) is 86.0 Å². The summed E-state index contributed by atoms with van der Waals surface area (Å²) in [6, 6.07) is 15.0. The number of ether oxygens (including phenoxy) is 6. The fourth-order valence-corrected chi connectivity index (χ4v) is 7.40. The molecule has 0 spiro atoms. The molecule has 3 heterocycles. The number of hydrogen-bond acceptors (Lipinski definition) is 16. The normalized spacial score (nSPS) is 19.2. The van der Waals surface area contributed by atoms with Gasteiger partial charge in [0.15, 0.2) is 17.2 Å². The number of methoxy groups -OCH3 is 1. The molecule has 1 saturated heterocycles. The van der Waals surface area contributed by atoms with E-state index in [9.17, 15) is 27.6 Å². The van der Waals surface area contributed by atoms with E-state index in [0.29, 0.717) is 5.56 Å². The highest BCUT2D eigenvalue weighted by molar-refractivity contribution is 7.82. The molecule has 0 radical (unpaired) electrons. The minimum Gasteiger partial charge on any atom is -0.467 e. The summed E-state index contributed by atoms with van der Waals surface area (Å²) in [5.41, 5.74) is 1.54. The van der Waals surface area contributed by atoms with Crippen LogP contribution in [0.1, 0.15) is 76.3 Å². The van der Waals surface area contributed by atoms with Gasteiger partial charge in [0, 0.05) is 68.0 Å². The van der Waals surface area contributed by atoms with Gasteiger partial charge >= 0.3 is 34.4 Å². The van der Waals surface area contributed by atoms with Crippen LogP contribution in [0.3, 0.4) is 0 Å². The summed E-state index contributed by atoms with van der Waals surface area (Å²) in [5, 5.41) is 2.58. The Kier molecular flexibility index (Phi) is 16.8. The van der Waals surface area contributed by atoms with Gasteiger partial charge in [-0.3, -0.25) is 19.6 Å². The minimum absolute atomic E-state index is 0.0294. The molecule has 1 N–H and O–H groups in total. The minimum atomic E-state index is -5.00. The van der Waals surface area contributed by atoms with Gasteiger partial charge < -0.3 is 42.1 Å². The molecule has 1 aliphatic rings. The average Bonchev–Trinajstić information content (AvgIpc) is 3.24. The predicted molar refractivity (Wildman–Crippen MR) is 238 cm³/mol. The van der Waals surface area contributed by atoms with Crippen molar-refractivity contribution in [3.63, 3.8) is 0 Å². The van der Waals surface area contributed by atoms with E-state index in [2.05, 4.69) is 15.3 Å². The Labute approximate surface area is 378 Å². The third kappa shape index (κ3) is 14.9. The molecule has 0 bridgehead atoms. The van der Waals surface area contributed by atoms with Crippen LogP contribution >= 0.6 is 0 Å². The number of pyridine rings is 2. The number of benzene rings is 2. The number of carbonyl (C=O) groups is 4. The first-order chi connectivity index (χ1) is 30.8. The van der Waals surface area contributed by atoms with Crippen LogP contribution in [-0.4, -0.2) is 86.2 Å². The van der Waals surface area contributed by atoms with Gasteiger partial charge in [-0.15, -0.1) is 8.42 Å². The second kappa shape index (κ2) is 22.2. The summed E-state index contributed by atoms with van der Waals surface area (Å²) in [6.07, 6.45) is 9.38. The maximum Gasteiger partial charge on any atom is 0.501 e. The smallest absolute Gasteiger partial charge is 0.467 e. The van der Waals surface area contributed by atoms with Crippen molar-refractivity contribution in [3.8, 4) is 17.2 Å². The summed E-state index contributed by atoms with van der Waals surface area (Å²) in [4.78, 5) is 57.7. The van der Waals surface area contributed by atoms with Gasteiger partial charge in [-0.2, -0.15) is 0 Å². The van der Waals surface area contributed by atoms with Crippen LogP contribution in [0.5, 0.6) is 17.2 Å². The summed E-state index contributed by atoms with van der Waals surface area (Å²) in [7, 11) is -3.81. The first kappa shape index (κ1) is 49.2. The number of nitrogens with zero attached hydrogens (tertiary/aromatic N) is 2. The van der Waals surface area contributed by atoms with Gasteiger partial charge in [0.1, 0.15) is 30.5 Å². The molecule has 346 valence electrons. The Bertz CT molecular complexity index is 2390. The van der Waals surface area contributed by atoms with Crippen LogP contribution in [-0.2, 0) is 54.9 Å². The molecule has 65 heavy (non-hydrogen) atoms. The molecule has 6 atom stereocenters. The highest BCUT2D eigenvalue weighted by Crippen LogP contribution is 2.38. The van der Waals surface area contributed by atoms with Crippen molar-refractivity contribution in [3.05, 3.63) is 113 Å². The molecular formula is C47H53N3O14S. The molecule has 1 amide bonds. The topological polar surface area (TPSA) is 214 Å². The van der Waals surface area contributed by atoms with Gasteiger partial charge in [0.25, 0.3) is 0 Å². The SMILES string of the molecule is COC(=O)[C@H](Cc1cc(/C=C/c2ccncc2)c(OS(=O)(=O)Oc2ccccc2OC2O[C@H](COC(C)=O)[C@H](OC(C)=O)[C@H](C)[C@H]2C)c(/C=C/c2ccncc2)c1)NC(=O)OC(C)(C)C. The standard InChI is InChI=1S/C47H53N3O14S/c1-29-30(2)45(61-41(28-58-31(3)51)42(29)59-32(4)52)60-39-11-9-10-12-40(39)63-65(55,56)64-43-36(15-13-33-17-21-48-22-18-33)25-35(26-37(43)16-14-34-19-23-49-24-20-34)27-38(44(53)57-8)50-46(54)62-47(5,6)7/h9-26,29-30,38,41-42,45H,27-28H2,1-8H3,(H,50,54)/b15-13+,16-14+/t29-,30-,38+,41-,42-,45?/m1/s1. The number of esters is 3. The lowest BCUT2D eigenvalue weighted by Crippen LogP contribution is -2.54. The molecular weight excluding hydrogens is 863 g/mol. The van der Waals surface area contributed by atoms with Gasteiger partial charge in [0.2, 0.25) is 6.29 Å². The van der Waals surface area contributed by atoms with E-state index >= 15 is 0 Å². The Hall–Kier alpha value is -6.79. The molecule has 2 aromatic carbocycles. The molecule has 4 aromatic rings. The quantitative estimate of drug-likeness (QED) is 0.0834. The highest BCUT2D eigenvalue weighted by Gasteiger charge is 2.45. The van der Waals surface area contributed by atoms with Crippen molar-refractivity contribution in [1.29, 1.82) is 0 Å². The lowest BCUT2D eigenvalue weighted by molar-refractivity contribution is -0.248. The number of hydrogen-bond donors (Lipinski definition) is 1. The Morgan fingerprint density at radius 1 is 0.800 bits per heavy atom. The van der Waals surface area contributed by atoms with Crippen molar-refractivity contribution >= 4 is 58.7 Å². The number of carbonyl (C=O) groups excluding carboxylic acids is 4. The maximum absolute atomic E-state index is 14.1. The lowest BCUT2D eigenvalue weighted by atomic mass is 9.84. The third-order valence-electron chi connectivity index (χ3n) is 9.82. The number of alkyl carbamates (subject to hydrolysis) is 1. The number of rotatable bonds is 17. The third-order valence-corrected chi connectivity index (χ3v) is 10.6. The first-order valence-corrected chi connectivity index (χ1v) is 21.9. The van der Waals surface area contributed by atoms with Crippen LogP contribution in [0.2, 0.25) is 0 Å². The van der Waals surface area contributed by atoms with E-state index in [1.807, 2.05) is 13.8 Å². The fraction of sp³-hybridized carbons (Fsp3) is 0.362. The van der Waals surface area contributed by atoms with Gasteiger partial charge in [-0.25, -0.2) is 9.59 Å². The Balaban J connectivity index is 1.54. The largest absolute Gasteiger partial charge is 0.501 e. The molecule has 17 nitrogen and oxygen atoms in total. The molecule has 1 fully saturated rings. The number of nitrogens with one attached hydrogen (secondary N) is 1. The summed E-state index contributed by atoms with van der Waals surface area (Å²) in [5.74, 6) is -3.06. The van der Waals surface area contributed by atoms with Crippen molar-refractivity contribution in [1.82, 2.24) is 15.3 Å². The van der Waals surface area contributed by atoms with E-state index in [-0.39, 0.29) is 47.3 Å². The van der Waals surface area contributed by atoms with E-state index in [4.69, 9.17) is 36.8 Å². The zero-order valence-corrected chi connectivity index (χ0v) is 38.1. The zero-order valence-electron chi connectivity index (χ0n) is 37.3. The van der Waals surface area contributed by atoms with E-state index in [1.54, 1.807) is 112 Å². The van der Waals surface area contributed by atoms with Crippen LogP contribution < -0.4 is 18.4 Å². The van der Waals surface area contributed by atoms with Crippen molar-refractivity contribution in [2.45, 2.75) is 85.0 Å². The second-order valence-electron chi connectivity index (χ2n) is 16.0. The van der Waals surface area contributed by atoms with Crippen LogP contribution in [0, 0.1) is 11.8 Å². The predicted octanol–water partition coefficient (Wildman–Crippen LogP) is 7.00. The molecule has 0 aliphatic carbocycles. The van der Waals surface area contributed by atoms with Crippen molar-refractivity contribution in [2.75, 3.05) is 13.7 Å². The Morgan fingerprint density at radius 3 is 1.89 bits per heavy atom. The number of aromatic nitrogens is 2. The van der Waals surface area contributed by atoms with E-state index < -0.39 is 70.5 Å². The van der Waals surface area contributed by atoms with E-state index in [0.717, 1.165) is 11.1 Å². The van der Waals surface area contributed by atoms with E-state index in [1.165, 1.54) is 39.2 Å². The molecule has 1 aliphatic heterocycles. The zero-order chi connectivity index (χ0) is 47.3. The highest BCUT2D eigenvalue weighted by atomic mass is 32.3. The van der Waals surface area contributed by atoms with Crippen LogP contribution in [0.4, 0.5) is 4.79 Å². The summed E-state index contributed by atoms with van der Waals surface area (Å²) in [6.45, 7) is 11.0.